The van der Waals surface area contributed by atoms with Crippen molar-refractivity contribution in [2.75, 3.05) is 18.6 Å². The van der Waals surface area contributed by atoms with Gasteiger partial charge in [-0.25, -0.2) is 9.50 Å². The number of aromatic nitrogens is 3. The van der Waals surface area contributed by atoms with Crippen LogP contribution in [0, 0.1) is 17.8 Å². The van der Waals surface area contributed by atoms with Crippen molar-refractivity contribution in [1.82, 2.24) is 19.9 Å². The lowest BCUT2D eigenvalue weighted by Crippen LogP contribution is -2.40. The molecule has 6 rings (SSSR count). The standard InChI is InChI=1S/C20H17F4N3.C7H13NO2S/c1-19-7-6-14(19)17(12-4-2-11(3-5-12)9-20(22,23)24)13-10-25-16-8-15(21)26-27(16)18(13)19;1-8-7(9)6-2-4-11(10)5-3-6/h2-5,8,10,14,17H,6-7,9H2,1H3;6H,2-5H2,1H3,(H,8,9). The van der Waals surface area contributed by atoms with Crippen LogP contribution in [0.4, 0.5) is 17.6 Å². The largest absolute Gasteiger partial charge is 0.393 e. The topological polar surface area (TPSA) is 76.4 Å². The van der Waals surface area contributed by atoms with Crippen LogP contribution in [0.3, 0.4) is 0 Å². The first-order valence-electron chi connectivity index (χ1n) is 12.8. The van der Waals surface area contributed by atoms with Gasteiger partial charge in [0.1, 0.15) is 0 Å². The number of hydrogen-bond acceptors (Lipinski definition) is 4. The van der Waals surface area contributed by atoms with Gasteiger partial charge in [-0.1, -0.05) is 31.2 Å². The average Bonchev–Trinajstić information content (AvgIpc) is 3.32. The third kappa shape index (κ3) is 4.97. The summed E-state index contributed by atoms with van der Waals surface area (Å²) < 4.78 is 64.0. The number of halogens is 4. The van der Waals surface area contributed by atoms with E-state index in [1.54, 1.807) is 42.0 Å². The molecule has 0 radical (unpaired) electrons. The van der Waals surface area contributed by atoms with E-state index in [-0.39, 0.29) is 28.7 Å². The van der Waals surface area contributed by atoms with E-state index in [4.69, 9.17) is 0 Å². The van der Waals surface area contributed by atoms with Gasteiger partial charge in [0, 0.05) is 64.4 Å². The summed E-state index contributed by atoms with van der Waals surface area (Å²) in [4.78, 5) is 15.4. The van der Waals surface area contributed by atoms with Gasteiger partial charge in [0.25, 0.3) is 0 Å². The van der Waals surface area contributed by atoms with Gasteiger partial charge in [0.05, 0.1) is 12.1 Å². The van der Waals surface area contributed by atoms with E-state index in [1.165, 1.54) is 6.07 Å². The summed E-state index contributed by atoms with van der Waals surface area (Å²) in [5.74, 6) is 1.40. The lowest BCUT2D eigenvalue weighted by Gasteiger charge is -2.44. The average molecular weight is 551 g/mol. The van der Waals surface area contributed by atoms with Crippen molar-refractivity contribution >= 4 is 22.4 Å². The summed E-state index contributed by atoms with van der Waals surface area (Å²) in [7, 11) is 0.987. The predicted octanol–water partition coefficient (Wildman–Crippen LogP) is 4.68. The van der Waals surface area contributed by atoms with Crippen molar-refractivity contribution < 1.29 is 26.6 Å². The Labute approximate surface area is 220 Å². The van der Waals surface area contributed by atoms with E-state index in [0.29, 0.717) is 23.1 Å². The Bertz CT molecular complexity index is 1360. The quantitative estimate of drug-likeness (QED) is 0.481. The molecule has 3 aromatic rings. The van der Waals surface area contributed by atoms with Gasteiger partial charge in [-0.3, -0.25) is 9.00 Å². The Morgan fingerprint density at radius 1 is 1.18 bits per heavy atom. The molecule has 0 bridgehead atoms. The maximum absolute atomic E-state index is 13.7. The van der Waals surface area contributed by atoms with E-state index >= 15 is 0 Å². The number of alkyl halides is 3. The first kappa shape index (κ1) is 26.8. The van der Waals surface area contributed by atoms with Gasteiger partial charge in [0.2, 0.25) is 11.9 Å². The Morgan fingerprint density at radius 3 is 2.45 bits per heavy atom. The van der Waals surface area contributed by atoms with Crippen LogP contribution >= 0.6 is 0 Å². The minimum absolute atomic E-state index is 0.0443. The zero-order valence-corrected chi connectivity index (χ0v) is 22.0. The van der Waals surface area contributed by atoms with Gasteiger partial charge >= 0.3 is 6.18 Å². The summed E-state index contributed by atoms with van der Waals surface area (Å²) in [6.07, 6.45) is 0.208. The molecular weight excluding hydrogens is 520 g/mol. The molecule has 3 aliphatic rings. The van der Waals surface area contributed by atoms with E-state index in [1.807, 2.05) is 0 Å². The van der Waals surface area contributed by atoms with Gasteiger partial charge in [0.15, 0.2) is 5.65 Å². The number of amides is 1. The van der Waals surface area contributed by atoms with Crippen LogP contribution in [0.15, 0.2) is 36.5 Å². The van der Waals surface area contributed by atoms with Crippen LogP contribution in [-0.4, -0.2) is 49.4 Å². The zero-order valence-electron chi connectivity index (χ0n) is 21.2. The Balaban J connectivity index is 0.000000226. The van der Waals surface area contributed by atoms with E-state index in [9.17, 15) is 26.6 Å². The van der Waals surface area contributed by atoms with Crippen LogP contribution in [0.5, 0.6) is 0 Å². The zero-order chi connectivity index (χ0) is 27.2. The second-order valence-electron chi connectivity index (χ2n) is 10.6. The highest BCUT2D eigenvalue weighted by atomic mass is 32.2. The highest BCUT2D eigenvalue weighted by Gasteiger charge is 2.57. The lowest BCUT2D eigenvalue weighted by molar-refractivity contribution is -0.127. The molecule has 6 nitrogen and oxygen atoms in total. The maximum atomic E-state index is 13.7. The molecule has 0 spiro atoms. The van der Waals surface area contributed by atoms with E-state index < -0.39 is 29.3 Å². The minimum Gasteiger partial charge on any atom is -0.359 e. The highest BCUT2D eigenvalue weighted by Crippen LogP contribution is 2.63. The van der Waals surface area contributed by atoms with Crippen LogP contribution < -0.4 is 5.32 Å². The van der Waals surface area contributed by atoms with Crippen LogP contribution in [0.1, 0.15) is 60.9 Å². The highest BCUT2D eigenvalue weighted by molar-refractivity contribution is 7.85. The molecule has 38 heavy (non-hydrogen) atoms. The number of fused-ring (bicyclic) bond motifs is 5. The number of carbonyl (C=O) groups is 1. The third-order valence-corrected chi connectivity index (χ3v) is 9.68. The van der Waals surface area contributed by atoms with Gasteiger partial charge in [-0.05, 0) is 42.7 Å². The molecule has 11 heteroatoms. The number of nitrogens with one attached hydrogen (secondary N) is 1. The fraction of sp³-hybridized carbons (Fsp3) is 0.519. The lowest BCUT2D eigenvalue weighted by atomic mass is 9.59. The number of nitrogens with zero attached hydrogens (tertiary/aromatic N) is 3. The first-order chi connectivity index (χ1) is 18.0. The van der Waals surface area contributed by atoms with E-state index in [2.05, 4.69) is 22.3 Å². The van der Waals surface area contributed by atoms with Crippen molar-refractivity contribution in [2.45, 2.75) is 56.5 Å². The monoisotopic (exact) mass is 550 g/mol. The van der Waals surface area contributed by atoms with Crippen molar-refractivity contribution in [2.24, 2.45) is 11.8 Å². The molecule has 1 saturated carbocycles. The molecule has 3 atom stereocenters. The summed E-state index contributed by atoms with van der Waals surface area (Å²) in [6.45, 7) is 2.16. The number of carbonyl (C=O) groups excluding carboxylic acids is 1. The first-order valence-corrected chi connectivity index (χ1v) is 14.3. The minimum atomic E-state index is -4.21. The molecule has 3 heterocycles. The SMILES string of the molecule is CC12CCC1C(c1ccc(CC(F)(F)F)cc1)c1cnc3cc(F)nn3c12.CNC(=O)C1CCS(=O)CC1. The molecular formula is C27H30F4N4O2S. The van der Waals surface area contributed by atoms with Crippen molar-refractivity contribution in [3.05, 3.63) is 64.9 Å². The fourth-order valence-corrected chi connectivity index (χ4v) is 7.55. The number of benzene rings is 1. The van der Waals surface area contributed by atoms with Crippen LogP contribution in [0.2, 0.25) is 0 Å². The Hall–Kier alpha value is -2.82. The second kappa shape index (κ2) is 10.1. The molecule has 2 aromatic heterocycles. The summed E-state index contributed by atoms with van der Waals surface area (Å²) in [6, 6.07) is 7.99. The predicted molar refractivity (Wildman–Crippen MR) is 136 cm³/mol. The third-order valence-electron chi connectivity index (χ3n) is 8.30. The van der Waals surface area contributed by atoms with E-state index in [0.717, 1.165) is 42.5 Å². The van der Waals surface area contributed by atoms with Crippen molar-refractivity contribution in [1.29, 1.82) is 0 Å². The smallest absolute Gasteiger partial charge is 0.359 e. The summed E-state index contributed by atoms with van der Waals surface area (Å²) in [5, 5.41) is 6.61. The molecule has 204 valence electrons. The molecule has 2 aliphatic carbocycles. The molecule has 1 aliphatic heterocycles. The molecule has 1 amide bonds. The van der Waals surface area contributed by atoms with Gasteiger partial charge in [-0.2, -0.15) is 17.6 Å². The van der Waals surface area contributed by atoms with Crippen LogP contribution in [-0.2, 0) is 27.4 Å². The molecule has 2 fully saturated rings. The summed E-state index contributed by atoms with van der Waals surface area (Å²) in [5.41, 5.74) is 3.58. The van der Waals surface area contributed by atoms with Crippen molar-refractivity contribution in [3.8, 4) is 0 Å². The van der Waals surface area contributed by atoms with Crippen molar-refractivity contribution in [3.63, 3.8) is 0 Å². The molecule has 1 N–H and O–H groups in total. The number of hydrogen-bond donors (Lipinski definition) is 1. The molecule has 1 aromatic carbocycles. The normalized spacial score (nSPS) is 28.1. The molecule has 1 saturated heterocycles. The molecule has 3 unspecified atom stereocenters. The Kier molecular flexibility index (Phi) is 7.08. The van der Waals surface area contributed by atoms with Gasteiger partial charge < -0.3 is 5.32 Å². The second-order valence-corrected chi connectivity index (χ2v) is 12.3. The van der Waals surface area contributed by atoms with Gasteiger partial charge in [-0.15, -0.1) is 5.10 Å². The summed E-state index contributed by atoms with van der Waals surface area (Å²) >= 11 is 0. The Morgan fingerprint density at radius 2 is 1.87 bits per heavy atom. The number of rotatable bonds is 3. The maximum Gasteiger partial charge on any atom is 0.393 e. The van der Waals surface area contributed by atoms with Crippen LogP contribution in [0.25, 0.3) is 5.65 Å². The fourth-order valence-electron chi connectivity index (χ4n) is 6.25.